The van der Waals surface area contributed by atoms with Crippen LogP contribution < -0.4 is 10.6 Å². The second kappa shape index (κ2) is 8.56. The van der Waals surface area contributed by atoms with E-state index in [2.05, 4.69) is 20.8 Å². The first-order valence-electron chi connectivity index (χ1n) is 7.66. The molecular weight excluding hydrogens is 332 g/mol. The van der Waals surface area contributed by atoms with Gasteiger partial charge in [-0.25, -0.2) is 4.79 Å². The van der Waals surface area contributed by atoms with Crippen LogP contribution in [0.1, 0.15) is 5.01 Å². The summed E-state index contributed by atoms with van der Waals surface area (Å²) >= 11 is 1.32. The Morgan fingerprint density at radius 2 is 1.44 bits per heavy atom. The number of aromatic nitrogens is 2. The van der Waals surface area contributed by atoms with E-state index in [1.165, 1.54) is 11.3 Å². The fourth-order valence-corrected chi connectivity index (χ4v) is 2.75. The number of hydrogen-bond donors (Lipinski definition) is 2. The molecule has 0 aromatic carbocycles. The molecule has 25 heavy (non-hydrogen) atoms. The molecule has 6 heteroatoms. The molecule has 0 bridgehead atoms. The molecular formula is C19H16N4OS. The van der Waals surface area contributed by atoms with Gasteiger partial charge in [0, 0.05) is 11.3 Å². The largest absolute Gasteiger partial charge is 0.325 e. The van der Waals surface area contributed by atoms with Crippen LogP contribution in [-0.2, 0) is 0 Å². The van der Waals surface area contributed by atoms with Crippen LogP contribution in [0.5, 0.6) is 0 Å². The van der Waals surface area contributed by atoms with Crippen molar-refractivity contribution in [1.29, 1.82) is 0 Å². The van der Waals surface area contributed by atoms with E-state index in [0.29, 0.717) is 10.8 Å². The first-order chi connectivity index (χ1) is 12.3. The Hall–Kier alpha value is -3.25. The number of carbonyl (C=O) groups is 1. The maximum Gasteiger partial charge on any atom is 0.325 e. The summed E-state index contributed by atoms with van der Waals surface area (Å²) in [6.45, 7) is 0. The highest BCUT2D eigenvalue weighted by molar-refractivity contribution is 7.16. The molecule has 0 spiro atoms. The van der Waals surface area contributed by atoms with Gasteiger partial charge in [0.15, 0.2) is 0 Å². The highest BCUT2D eigenvalue weighted by Crippen LogP contribution is 2.24. The molecule has 2 aliphatic rings. The van der Waals surface area contributed by atoms with Crippen molar-refractivity contribution in [2.45, 2.75) is 0 Å². The van der Waals surface area contributed by atoms with Gasteiger partial charge in [-0.1, -0.05) is 84.2 Å². The van der Waals surface area contributed by atoms with Crippen LogP contribution in [0.3, 0.4) is 0 Å². The molecule has 0 unspecified atom stereocenters. The monoisotopic (exact) mass is 348 g/mol. The molecule has 0 fully saturated rings. The Morgan fingerprint density at radius 3 is 2.28 bits per heavy atom. The number of nitrogens with one attached hydrogen (secondary N) is 2. The van der Waals surface area contributed by atoms with E-state index in [1.807, 2.05) is 85.1 Å². The molecule has 0 aliphatic heterocycles. The standard InChI is InChI=1S/C19H16N4OS/c24-18(20-16-13-9-5-2-6-10-14-16)21-19-23-22-17(25-19)15-11-7-3-1-4-8-12-15/h1-14H,(H2,20,21,23,24). The SMILES string of the molecule is O=C(NC1=CC=CC=CC=C1)Nc1nnc(C2=CC=CC=CC=C2)s1. The van der Waals surface area contributed by atoms with Crippen molar-refractivity contribution in [3.8, 4) is 0 Å². The summed E-state index contributed by atoms with van der Waals surface area (Å²) in [7, 11) is 0. The molecule has 0 radical (unpaired) electrons. The topological polar surface area (TPSA) is 66.9 Å². The fraction of sp³-hybridized carbons (Fsp3) is 0. The molecule has 0 saturated carbocycles. The molecule has 0 saturated heterocycles. The van der Waals surface area contributed by atoms with Crippen LogP contribution in [-0.4, -0.2) is 16.2 Å². The van der Waals surface area contributed by atoms with Crippen molar-refractivity contribution in [3.63, 3.8) is 0 Å². The van der Waals surface area contributed by atoms with Crippen LogP contribution >= 0.6 is 11.3 Å². The van der Waals surface area contributed by atoms with Gasteiger partial charge in [0.05, 0.1) is 0 Å². The van der Waals surface area contributed by atoms with Crippen LogP contribution in [0.2, 0.25) is 0 Å². The molecule has 5 nitrogen and oxygen atoms in total. The summed E-state index contributed by atoms with van der Waals surface area (Å²) in [5.41, 5.74) is 1.62. The van der Waals surface area contributed by atoms with Crippen molar-refractivity contribution in [3.05, 3.63) is 95.8 Å². The van der Waals surface area contributed by atoms with E-state index in [0.717, 1.165) is 10.6 Å². The Labute approximate surface area is 149 Å². The lowest BCUT2D eigenvalue weighted by Gasteiger charge is -2.05. The summed E-state index contributed by atoms with van der Waals surface area (Å²) in [6.07, 6.45) is 26.6. The van der Waals surface area contributed by atoms with Crippen LogP contribution in [0, 0.1) is 0 Å². The van der Waals surface area contributed by atoms with Crippen molar-refractivity contribution in [1.82, 2.24) is 15.5 Å². The highest BCUT2D eigenvalue weighted by Gasteiger charge is 2.10. The minimum Gasteiger partial charge on any atom is -0.308 e. The predicted molar refractivity (Wildman–Crippen MR) is 103 cm³/mol. The molecule has 2 N–H and O–H groups in total. The molecule has 2 amide bonds. The van der Waals surface area contributed by atoms with Gasteiger partial charge in [-0.3, -0.25) is 5.32 Å². The van der Waals surface area contributed by atoms with E-state index < -0.39 is 0 Å². The van der Waals surface area contributed by atoms with Crippen LogP contribution in [0.25, 0.3) is 5.57 Å². The van der Waals surface area contributed by atoms with E-state index in [-0.39, 0.29) is 6.03 Å². The van der Waals surface area contributed by atoms with Gasteiger partial charge in [-0.05, 0) is 12.2 Å². The third-order valence-electron chi connectivity index (χ3n) is 3.14. The van der Waals surface area contributed by atoms with Gasteiger partial charge in [0.2, 0.25) is 5.13 Å². The van der Waals surface area contributed by atoms with Gasteiger partial charge < -0.3 is 5.32 Å². The number of allylic oxidation sites excluding steroid dienone is 15. The Balaban J connectivity index is 1.64. The van der Waals surface area contributed by atoms with Gasteiger partial charge >= 0.3 is 6.03 Å². The predicted octanol–water partition coefficient (Wildman–Crippen LogP) is 4.29. The summed E-state index contributed by atoms with van der Waals surface area (Å²) < 4.78 is 0. The lowest BCUT2D eigenvalue weighted by molar-refractivity contribution is 0.254. The lowest BCUT2D eigenvalue weighted by atomic mass is 10.2. The maximum atomic E-state index is 12.1. The first kappa shape index (κ1) is 16.6. The highest BCUT2D eigenvalue weighted by atomic mass is 32.1. The number of anilines is 1. The molecule has 124 valence electrons. The third kappa shape index (κ3) is 5.12. The van der Waals surface area contributed by atoms with Crippen molar-refractivity contribution in [2.75, 3.05) is 5.32 Å². The summed E-state index contributed by atoms with van der Waals surface area (Å²) in [4.78, 5) is 12.1. The van der Waals surface area contributed by atoms with Gasteiger partial charge in [-0.15, -0.1) is 10.2 Å². The number of rotatable bonds is 3. The third-order valence-corrected chi connectivity index (χ3v) is 4.03. The normalized spacial score (nSPS) is 15.7. The summed E-state index contributed by atoms with van der Waals surface area (Å²) in [5.74, 6) is 0. The molecule has 1 aromatic rings. The van der Waals surface area contributed by atoms with E-state index in [1.54, 1.807) is 0 Å². The number of amides is 2. The van der Waals surface area contributed by atoms with Gasteiger partial charge in [0.25, 0.3) is 0 Å². The Kier molecular flexibility index (Phi) is 5.68. The Bertz CT molecular complexity index is 879. The molecule has 1 heterocycles. The van der Waals surface area contributed by atoms with Gasteiger partial charge in [0.1, 0.15) is 5.01 Å². The van der Waals surface area contributed by atoms with E-state index in [4.69, 9.17) is 0 Å². The quantitative estimate of drug-likeness (QED) is 0.856. The van der Waals surface area contributed by atoms with Crippen molar-refractivity contribution >= 4 is 28.1 Å². The average molecular weight is 348 g/mol. The zero-order valence-corrected chi connectivity index (χ0v) is 14.1. The van der Waals surface area contributed by atoms with Crippen LogP contribution in [0.15, 0.2) is 90.8 Å². The zero-order chi connectivity index (χ0) is 17.3. The maximum absolute atomic E-state index is 12.1. The zero-order valence-electron chi connectivity index (χ0n) is 13.3. The average Bonchev–Trinajstić information content (AvgIpc) is 2.97. The Morgan fingerprint density at radius 1 is 0.760 bits per heavy atom. The molecule has 3 rings (SSSR count). The molecule has 1 aromatic heterocycles. The first-order valence-corrected chi connectivity index (χ1v) is 8.48. The number of hydrogen-bond acceptors (Lipinski definition) is 4. The van der Waals surface area contributed by atoms with Gasteiger partial charge in [-0.2, -0.15) is 0 Å². The second-order valence-electron chi connectivity index (χ2n) is 4.99. The lowest BCUT2D eigenvalue weighted by Crippen LogP contribution is -2.27. The summed E-state index contributed by atoms with van der Waals surface area (Å²) in [5, 5.41) is 14.8. The number of nitrogens with zero attached hydrogens (tertiary/aromatic N) is 2. The minimum atomic E-state index is -0.360. The van der Waals surface area contributed by atoms with Crippen molar-refractivity contribution < 1.29 is 4.79 Å². The van der Waals surface area contributed by atoms with E-state index in [9.17, 15) is 4.79 Å². The van der Waals surface area contributed by atoms with Crippen LogP contribution in [0.4, 0.5) is 9.93 Å². The molecule has 0 atom stereocenters. The minimum absolute atomic E-state index is 0.360. The van der Waals surface area contributed by atoms with Crippen molar-refractivity contribution in [2.24, 2.45) is 0 Å². The second-order valence-corrected chi connectivity index (χ2v) is 5.97. The summed E-state index contributed by atoms with van der Waals surface area (Å²) in [6, 6.07) is -0.360. The molecule has 2 aliphatic carbocycles. The fourth-order valence-electron chi connectivity index (χ4n) is 2.01. The number of urea groups is 1. The van der Waals surface area contributed by atoms with E-state index >= 15 is 0 Å². The smallest absolute Gasteiger partial charge is 0.308 e. The number of carbonyl (C=O) groups excluding carboxylic acids is 1.